The molecule has 0 aliphatic rings. The Morgan fingerprint density at radius 3 is 2.62 bits per heavy atom. The maximum Gasteiger partial charge on any atom is 0.374 e. The largest absolute Gasteiger partial charge is 0.457 e. The smallest absolute Gasteiger partial charge is 0.374 e. The van der Waals surface area contributed by atoms with Crippen LogP contribution in [-0.4, -0.2) is 18.5 Å². The van der Waals surface area contributed by atoms with E-state index < -0.39 is 11.9 Å². The van der Waals surface area contributed by atoms with E-state index in [1.54, 1.807) is 18.2 Å². The molecular formula is C15H14ClNO4. The van der Waals surface area contributed by atoms with Gasteiger partial charge in [0.2, 0.25) is 5.76 Å². The van der Waals surface area contributed by atoms with Crippen LogP contribution in [0.2, 0.25) is 5.02 Å². The van der Waals surface area contributed by atoms with Crippen molar-refractivity contribution in [1.29, 1.82) is 0 Å². The molecule has 0 unspecified atom stereocenters. The minimum Gasteiger partial charge on any atom is -0.457 e. The lowest BCUT2D eigenvalue weighted by Crippen LogP contribution is -2.31. The van der Waals surface area contributed by atoms with Crippen molar-refractivity contribution in [2.45, 2.75) is 13.0 Å². The van der Waals surface area contributed by atoms with Gasteiger partial charge < -0.3 is 14.5 Å². The average Bonchev–Trinajstić information content (AvgIpc) is 2.99. The van der Waals surface area contributed by atoms with Gasteiger partial charge in [-0.2, -0.15) is 0 Å². The molecule has 0 spiro atoms. The molecule has 1 heterocycles. The molecular weight excluding hydrogens is 294 g/mol. The molecule has 21 heavy (non-hydrogen) atoms. The Bertz CT molecular complexity index is 607. The Morgan fingerprint density at radius 2 is 2.00 bits per heavy atom. The fraction of sp³-hybridized carbons (Fsp3) is 0.200. The van der Waals surface area contributed by atoms with Gasteiger partial charge in [0.25, 0.3) is 5.91 Å². The summed E-state index contributed by atoms with van der Waals surface area (Å²) in [5.41, 5.74) is 0.908. The van der Waals surface area contributed by atoms with Crippen LogP contribution < -0.4 is 5.32 Å². The zero-order valence-electron chi connectivity index (χ0n) is 11.3. The van der Waals surface area contributed by atoms with Crippen molar-refractivity contribution < 1.29 is 18.7 Å². The molecule has 0 saturated heterocycles. The van der Waals surface area contributed by atoms with E-state index in [2.05, 4.69) is 5.32 Å². The summed E-state index contributed by atoms with van der Waals surface area (Å²) < 4.78 is 9.71. The van der Waals surface area contributed by atoms with Gasteiger partial charge in [-0.25, -0.2) is 4.79 Å². The van der Waals surface area contributed by atoms with Gasteiger partial charge >= 0.3 is 5.97 Å². The molecule has 0 saturated carbocycles. The van der Waals surface area contributed by atoms with Crippen molar-refractivity contribution in [1.82, 2.24) is 5.32 Å². The van der Waals surface area contributed by atoms with Crippen molar-refractivity contribution in [3.63, 3.8) is 0 Å². The van der Waals surface area contributed by atoms with Crippen LogP contribution in [0.4, 0.5) is 0 Å². The number of hydrogen-bond donors (Lipinski definition) is 1. The Balaban J connectivity index is 1.81. The van der Waals surface area contributed by atoms with E-state index in [-0.39, 0.29) is 18.4 Å². The number of amides is 1. The number of ether oxygens (including phenoxy) is 1. The van der Waals surface area contributed by atoms with Crippen LogP contribution in [0.5, 0.6) is 0 Å². The van der Waals surface area contributed by atoms with Crippen molar-refractivity contribution in [2.75, 3.05) is 6.61 Å². The summed E-state index contributed by atoms with van der Waals surface area (Å²) in [5, 5.41) is 3.36. The molecule has 0 aliphatic heterocycles. The van der Waals surface area contributed by atoms with E-state index in [0.29, 0.717) is 5.02 Å². The Labute approximate surface area is 126 Å². The molecule has 6 heteroatoms. The number of nitrogens with one attached hydrogen (secondary N) is 1. The van der Waals surface area contributed by atoms with E-state index in [9.17, 15) is 9.59 Å². The number of hydrogen-bond acceptors (Lipinski definition) is 4. The lowest BCUT2D eigenvalue weighted by Gasteiger charge is -2.14. The van der Waals surface area contributed by atoms with Gasteiger partial charge in [-0.3, -0.25) is 4.79 Å². The van der Waals surface area contributed by atoms with E-state index in [4.69, 9.17) is 20.8 Å². The van der Waals surface area contributed by atoms with Gasteiger partial charge in [0.05, 0.1) is 12.3 Å². The van der Waals surface area contributed by atoms with Gasteiger partial charge in [-0.1, -0.05) is 23.7 Å². The van der Waals surface area contributed by atoms with Crippen LogP contribution in [0, 0.1) is 0 Å². The maximum atomic E-state index is 11.7. The minimum absolute atomic E-state index is 0.0635. The molecule has 110 valence electrons. The van der Waals surface area contributed by atoms with Crippen LogP contribution in [0.1, 0.15) is 29.1 Å². The number of esters is 1. The van der Waals surface area contributed by atoms with Crippen molar-refractivity contribution in [3.05, 3.63) is 59.0 Å². The number of carbonyl (C=O) groups is 2. The summed E-state index contributed by atoms with van der Waals surface area (Å²) in [5.74, 6) is -1.000. The molecule has 1 atom stereocenters. The quantitative estimate of drug-likeness (QED) is 0.862. The van der Waals surface area contributed by atoms with E-state index in [0.717, 1.165) is 5.56 Å². The number of benzene rings is 1. The number of carbonyl (C=O) groups excluding carboxylic acids is 2. The second-order valence-electron chi connectivity index (χ2n) is 4.39. The van der Waals surface area contributed by atoms with E-state index in [1.165, 1.54) is 12.3 Å². The average molecular weight is 308 g/mol. The predicted molar refractivity (Wildman–Crippen MR) is 77.0 cm³/mol. The van der Waals surface area contributed by atoms with Crippen LogP contribution in [0.25, 0.3) is 0 Å². The standard InChI is InChI=1S/C15H14ClNO4/c1-10(11-4-6-12(16)7-5-11)17-14(18)9-21-15(19)13-3-2-8-20-13/h2-8,10H,9H2,1H3,(H,17,18)/t10-/m0/s1. The summed E-state index contributed by atoms with van der Waals surface area (Å²) in [6, 6.07) is 9.96. The van der Waals surface area contributed by atoms with E-state index >= 15 is 0 Å². The lowest BCUT2D eigenvalue weighted by molar-refractivity contribution is -0.124. The molecule has 1 amide bonds. The zero-order chi connectivity index (χ0) is 15.2. The summed E-state index contributed by atoms with van der Waals surface area (Å²) in [4.78, 5) is 23.2. The predicted octanol–water partition coefficient (Wildman–Crippen LogP) is 2.97. The van der Waals surface area contributed by atoms with E-state index in [1.807, 2.05) is 19.1 Å². The monoisotopic (exact) mass is 307 g/mol. The Morgan fingerprint density at radius 1 is 1.29 bits per heavy atom. The zero-order valence-corrected chi connectivity index (χ0v) is 12.1. The van der Waals surface area contributed by atoms with Gasteiger partial charge in [-0.15, -0.1) is 0 Å². The molecule has 0 bridgehead atoms. The van der Waals surface area contributed by atoms with Gasteiger partial charge in [0.1, 0.15) is 0 Å². The first-order valence-corrected chi connectivity index (χ1v) is 6.69. The lowest BCUT2D eigenvalue weighted by atomic mass is 10.1. The first-order valence-electron chi connectivity index (χ1n) is 6.31. The van der Waals surface area contributed by atoms with Crippen LogP contribution in [0.15, 0.2) is 47.1 Å². The highest BCUT2D eigenvalue weighted by Gasteiger charge is 2.14. The molecule has 2 rings (SSSR count). The molecule has 1 aromatic heterocycles. The van der Waals surface area contributed by atoms with Gasteiger partial charge in [0, 0.05) is 5.02 Å². The second kappa shape index (κ2) is 6.95. The third-order valence-electron chi connectivity index (χ3n) is 2.80. The normalized spacial score (nSPS) is 11.7. The Hall–Kier alpha value is -2.27. The highest BCUT2D eigenvalue weighted by molar-refractivity contribution is 6.30. The first-order chi connectivity index (χ1) is 10.1. The molecule has 0 radical (unpaired) electrons. The summed E-state index contributed by atoms with van der Waals surface area (Å²) in [7, 11) is 0. The molecule has 0 fully saturated rings. The molecule has 2 aromatic rings. The highest BCUT2D eigenvalue weighted by Crippen LogP contribution is 2.15. The van der Waals surface area contributed by atoms with Crippen molar-refractivity contribution in [2.24, 2.45) is 0 Å². The molecule has 1 aromatic carbocycles. The van der Waals surface area contributed by atoms with Gasteiger partial charge in [0.15, 0.2) is 6.61 Å². The third-order valence-corrected chi connectivity index (χ3v) is 3.06. The van der Waals surface area contributed by atoms with Crippen LogP contribution in [0.3, 0.4) is 0 Å². The first kappa shape index (κ1) is 15.1. The molecule has 5 nitrogen and oxygen atoms in total. The summed E-state index contributed by atoms with van der Waals surface area (Å²) in [6.45, 7) is 1.47. The van der Waals surface area contributed by atoms with Crippen molar-refractivity contribution in [3.8, 4) is 0 Å². The molecule has 0 aliphatic carbocycles. The topological polar surface area (TPSA) is 68.5 Å². The fourth-order valence-electron chi connectivity index (χ4n) is 1.71. The number of rotatable bonds is 5. The summed E-state index contributed by atoms with van der Waals surface area (Å²) in [6.07, 6.45) is 1.36. The Kier molecular flexibility index (Phi) is 5.00. The number of halogens is 1. The fourth-order valence-corrected chi connectivity index (χ4v) is 1.84. The summed E-state index contributed by atoms with van der Waals surface area (Å²) >= 11 is 5.80. The minimum atomic E-state index is -0.672. The second-order valence-corrected chi connectivity index (χ2v) is 4.83. The van der Waals surface area contributed by atoms with Crippen molar-refractivity contribution >= 4 is 23.5 Å². The number of furan rings is 1. The van der Waals surface area contributed by atoms with Crippen LogP contribution >= 0.6 is 11.6 Å². The highest BCUT2D eigenvalue weighted by atomic mass is 35.5. The maximum absolute atomic E-state index is 11.7. The third kappa shape index (κ3) is 4.36. The van der Waals surface area contributed by atoms with Crippen LogP contribution in [-0.2, 0) is 9.53 Å². The molecule has 1 N–H and O–H groups in total. The van der Waals surface area contributed by atoms with Gasteiger partial charge in [-0.05, 0) is 36.8 Å². The SMILES string of the molecule is C[C@H](NC(=O)COC(=O)c1ccco1)c1ccc(Cl)cc1.